The van der Waals surface area contributed by atoms with Gasteiger partial charge < -0.3 is 44.3 Å². The van der Waals surface area contributed by atoms with Crippen LogP contribution in [0, 0.1) is 12.3 Å². The number of aryl methyl sites for hydroxylation is 1. The van der Waals surface area contributed by atoms with Crippen LogP contribution in [0.1, 0.15) is 58.6 Å². The second kappa shape index (κ2) is 23.9. The van der Waals surface area contributed by atoms with Crippen molar-refractivity contribution in [2.45, 2.75) is 78.0 Å². The zero-order chi connectivity index (χ0) is 37.8. The van der Waals surface area contributed by atoms with Crippen molar-refractivity contribution >= 4 is 46.3 Å². The standard InChI is InChI=1S/C37H57ClN4O9S/c1-27-33(52-26-39-27)28-9-11-29(12-10-28)40-35(45)31-23-30(43)24-42(31)36(46)34(37(2,3)4)41-32(44)25-51-22-21-50-20-19-49-18-17-48-16-15-47-14-8-6-5-7-13-38/h9-12,26,30-31,34,43H,5-8,13-25H2,1-4H3,(H,40,45)(H,41,44)/t30-,31+,34-/m1/s1. The molecule has 1 fully saturated rings. The number of aliphatic hydroxyl groups excluding tert-OH is 1. The summed E-state index contributed by atoms with van der Waals surface area (Å²) in [6.07, 6.45) is 3.59. The SMILES string of the molecule is Cc1ncsc1-c1ccc(NC(=O)[C@@H]2C[C@@H](O)CN2C(=O)[C@@H](NC(=O)COCCOCCOCCOCCOCCCCCCCl)C(C)(C)C)cc1. The summed E-state index contributed by atoms with van der Waals surface area (Å²) < 4.78 is 27.5. The molecule has 3 atom stereocenters. The van der Waals surface area contributed by atoms with Gasteiger partial charge in [0.1, 0.15) is 18.7 Å². The van der Waals surface area contributed by atoms with Crippen LogP contribution in [0.3, 0.4) is 0 Å². The number of carbonyl (C=O) groups excluding carboxylic acids is 3. The van der Waals surface area contributed by atoms with Crippen molar-refractivity contribution in [3.8, 4) is 10.4 Å². The van der Waals surface area contributed by atoms with E-state index in [9.17, 15) is 19.5 Å². The lowest BCUT2D eigenvalue weighted by Gasteiger charge is -2.35. The molecule has 15 heteroatoms. The summed E-state index contributed by atoms with van der Waals surface area (Å²) >= 11 is 7.21. The van der Waals surface area contributed by atoms with Crippen LogP contribution in [0.2, 0.25) is 0 Å². The number of nitrogens with one attached hydrogen (secondary N) is 2. The number of amides is 3. The Morgan fingerprint density at radius 2 is 1.48 bits per heavy atom. The number of benzene rings is 1. The lowest BCUT2D eigenvalue weighted by Crippen LogP contribution is -2.57. The third kappa shape index (κ3) is 15.7. The van der Waals surface area contributed by atoms with Gasteiger partial charge in [-0.25, -0.2) is 4.98 Å². The number of alkyl halides is 1. The Morgan fingerprint density at radius 3 is 2.04 bits per heavy atom. The molecule has 0 unspecified atom stereocenters. The summed E-state index contributed by atoms with van der Waals surface area (Å²) in [5, 5.41) is 16.1. The number of anilines is 1. The first-order chi connectivity index (χ1) is 25.0. The number of unbranched alkanes of at least 4 members (excludes halogenated alkanes) is 3. The molecule has 52 heavy (non-hydrogen) atoms. The third-order valence-corrected chi connectivity index (χ3v) is 9.58. The van der Waals surface area contributed by atoms with Crippen LogP contribution in [0.5, 0.6) is 0 Å². The lowest BCUT2D eigenvalue weighted by atomic mass is 9.85. The van der Waals surface area contributed by atoms with Gasteiger partial charge >= 0.3 is 0 Å². The van der Waals surface area contributed by atoms with Gasteiger partial charge in [-0.05, 0) is 42.9 Å². The first-order valence-corrected chi connectivity index (χ1v) is 19.5. The average Bonchev–Trinajstić information content (AvgIpc) is 3.73. The molecular weight excluding hydrogens is 712 g/mol. The first-order valence-electron chi connectivity index (χ1n) is 18.0. The minimum absolute atomic E-state index is 0.0150. The van der Waals surface area contributed by atoms with E-state index in [1.807, 2.05) is 39.8 Å². The smallest absolute Gasteiger partial charge is 0.247 e. The highest BCUT2D eigenvalue weighted by molar-refractivity contribution is 7.13. The number of aliphatic hydroxyl groups is 1. The number of aromatic nitrogens is 1. The predicted octanol–water partition coefficient (Wildman–Crippen LogP) is 4.43. The number of thiazole rings is 1. The molecule has 3 rings (SSSR count). The number of hydrogen-bond acceptors (Lipinski definition) is 11. The van der Waals surface area contributed by atoms with E-state index in [-0.39, 0.29) is 32.8 Å². The number of rotatable bonds is 25. The van der Waals surface area contributed by atoms with E-state index in [4.69, 9.17) is 35.3 Å². The summed E-state index contributed by atoms with van der Waals surface area (Å²) in [6.45, 7) is 11.1. The molecule has 13 nitrogen and oxygen atoms in total. The van der Waals surface area contributed by atoms with E-state index in [0.717, 1.165) is 48.4 Å². The Kier molecular flexibility index (Phi) is 20.1. The zero-order valence-corrected chi connectivity index (χ0v) is 32.6. The fraction of sp³-hybridized carbons (Fsp3) is 0.676. The van der Waals surface area contributed by atoms with Gasteiger partial charge in [0.25, 0.3) is 0 Å². The molecule has 0 radical (unpaired) electrons. The van der Waals surface area contributed by atoms with E-state index in [1.54, 1.807) is 29.0 Å². The van der Waals surface area contributed by atoms with Gasteiger partial charge in [0.2, 0.25) is 17.7 Å². The maximum absolute atomic E-state index is 13.8. The summed E-state index contributed by atoms with van der Waals surface area (Å²) in [5.74, 6) is -0.607. The number of nitrogens with zero attached hydrogens (tertiary/aromatic N) is 2. The van der Waals surface area contributed by atoms with Gasteiger partial charge in [0.15, 0.2) is 0 Å². The zero-order valence-electron chi connectivity index (χ0n) is 31.0. The molecular formula is C37H57ClN4O9S. The normalized spacial score (nSPS) is 16.6. The van der Waals surface area contributed by atoms with E-state index in [1.165, 1.54) is 4.90 Å². The molecule has 0 saturated carbocycles. The Labute approximate surface area is 317 Å². The number of ether oxygens (including phenoxy) is 5. The van der Waals surface area contributed by atoms with Crippen molar-refractivity contribution in [2.24, 2.45) is 5.41 Å². The molecule has 1 aliphatic rings. The van der Waals surface area contributed by atoms with Crippen LogP contribution in [0.25, 0.3) is 10.4 Å². The van der Waals surface area contributed by atoms with Gasteiger partial charge in [0, 0.05) is 31.1 Å². The van der Waals surface area contributed by atoms with Crippen molar-refractivity contribution in [1.29, 1.82) is 0 Å². The molecule has 1 saturated heterocycles. The Morgan fingerprint density at radius 1 is 0.904 bits per heavy atom. The number of hydrogen-bond donors (Lipinski definition) is 3. The molecule has 292 valence electrons. The van der Waals surface area contributed by atoms with Gasteiger partial charge in [-0.3, -0.25) is 14.4 Å². The molecule has 0 bridgehead atoms. The van der Waals surface area contributed by atoms with Crippen LogP contribution < -0.4 is 10.6 Å². The molecule has 0 spiro atoms. The highest BCUT2D eigenvalue weighted by Crippen LogP contribution is 2.29. The van der Waals surface area contributed by atoms with Gasteiger partial charge in [-0.15, -0.1) is 22.9 Å². The van der Waals surface area contributed by atoms with E-state index >= 15 is 0 Å². The van der Waals surface area contributed by atoms with Crippen LogP contribution in [-0.4, -0.2) is 129 Å². The Balaban J connectivity index is 1.31. The van der Waals surface area contributed by atoms with Crippen molar-refractivity contribution < 1.29 is 43.2 Å². The molecule has 3 amide bonds. The number of halogens is 1. The van der Waals surface area contributed by atoms with Crippen molar-refractivity contribution in [3.63, 3.8) is 0 Å². The topological polar surface area (TPSA) is 158 Å². The molecule has 1 aromatic carbocycles. The van der Waals surface area contributed by atoms with Gasteiger partial charge in [-0.2, -0.15) is 0 Å². The molecule has 1 aliphatic heterocycles. The maximum Gasteiger partial charge on any atom is 0.247 e. The second-order valence-corrected chi connectivity index (χ2v) is 14.9. The Hall–Kier alpha value is -2.69. The van der Waals surface area contributed by atoms with Gasteiger partial charge in [0.05, 0.1) is 75.0 Å². The fourth-order valence-electron chi connectivity index (χ4n) is 5.53. The van der Waals surface area contributed by atoms with E-state index in [0.29, 0.717) is 51.2 Å². The summed E-state index contributed by atoms with van der Waals surface area (Å²) in [4.78, 5) is 46.7. The third-order valence-electron chi connectivity index (χ3n) is 8.34. The Bertz CT molecular complexity index is 1340. The minimum atomic E-state index is -0.951. The summed E-state index contributed by atoms with van der Waals surface area (Å²) in [7, 11) is 0. The highest BCUT2D eigenvalue weighted by Gasteiger charge is 2.44. The number of β-amino-alcohol motifs (C(OH)–C–C–N with tert-alkyl or cyclic N) is 1. The molecule has 2 heterocycles. The van der Waals surface area contributed by atoms with Crippen molar-refractivity contribution in [2.75, 3.05) is 83.8 Å². The molecule has 2 aromatic rings. The quantitative estimate of drug-likeness (QED) is 0.0976. The maximum atomic E-state index is 13.8. The molecule has 3 N–H and O–H groups in total. The first kappa shape index (κ1) is 43.7. The monoisotopic (exact) mass is 768 g/mol. The fourth-order valence-corrected chi connectivity index (χ4v) is 6.53. The lowest BCUT2D eigenvalue weighted by molar-refractivity contribution is -0.143. The van der Waals surface area contributed by atoms with Crippen molar-refractivity contribution in [1.82, 2.24) is 15.2 Å². The van der Waals surface area contributed by atoms with E-state index < -0.39 is 41.3 Å². The summed E-state index contributed by atoms with van der Waals surface area (Å²) in [5.41, 5.74) is 3.61. The largest absolute Gasteiger partial charge is 0.391 e. The average molecular weight is 769 g/mol. The van der Waals surface area contributed by atoms with Crippen LogP contribution in [-0.2, 0) is 38.1 Å². The highest BCUT2D eigenvalue weighted by atomic mass is 35.5. The number of carbonyl (C=O) groups is 3. The second-order valence-electron chi connectivity index (χ2n) is 13.7. The van der Waals surface area contributed by atoms with E-state index in [2.05, 4.69) is 15.6 Å². The molecule has 0 aliphatic carbocycles. The van der Waals surface area contributed by atoms with Crippen LogP contribution in [0.4, 0.5) is 5.69 Å². The summed E-state index contributed by atoms with van der Waals surface area (Å²) in [6, 6.07) is 5.55. The van der Waals surface area contributed by atoms with Crippen LogP contribution >= 0.6 is 22.9 Å². The predicted molar refractivity (Wildman–Crippen MR) is 202 cm³/mol. The minimum Gasteiger partial charge on any atom is -0.391 e. The molecule has 1 aromatic heterocycles. The number of likely N-dealkylation sites (tertiary alicyclic amines) is 1. The van der Waals surface area contributed by atoms with Gasteiger partial charge in [-0.1, -0.05) is 45.7 Å². The van der Waals surface area contributed by atoms with Crippen LogP contribution in [0.15, 0.2) is 29.8 Å². The van der Waals surface area contributed by atoms with Crippen molar-refractivity contribution in [3.05, 3.63) is 35.5 Å².